The van der Waals surface area contributed by atoms with E-state index in [1.165, 1.54) is 13.2 Å². The summed E-state index contributed by atoms with van der Waals surface area (Å²) in [5, 5.41) is 0. The van der Waals surface area contributed by atoms with Gasteiger partial charge in [-0.15, -0.1) is 0 Å². The second kappa shape index (κ2) is 5.65. The molecule has 0 unspecified atom stereocenters. The van der Waals surface area contributed by atoms with Crippen LogP contribution in [0.2, 0.25) is 0 Å². The monoisotopic (exact) mass is 301 g/mol. The molecule has 1 heterocycles. The maximum absolute atomic E-state index is 13.6. The summed E-state index contributed by atoms with van der Waals surface area (Å²) in [5.41, 5.74) is 4.65. The zero-order chi connectivity index (χ0) is 15.6. The van der Waals surface area contributed by atoms with E-state index in [4.69, 9.17) is 10.5 Å². The molecule has 8 heteroatoms. The Bertz CT molecular complexity index is 658. The van der Waals surface area contributed by atoms with E-state index in [9.17, 15) is 17.6 Å². The minimum absolute atomic E-state index is 0.0845. The molecule has 0 radical (unpaired) electrons. The van der Waals surface area contributed by atoms with Gasteiger partial charge < -0.3 is 10.5 Å². The Kier molecular flexibility index (Phi) is 4.08. The summed E-state index contributed by atoms with van der Waals surface area (Å²) in [5.74, 6) is -0.995. The predicted molar refractivity (Wildman–Crippen MR) is 67.6 cm³/mol. The molecule has 0 saturated carbocycles. The topological polar surface area (TPSA) is 61.0 Å². The lowest BCUT2D eigenvalue weighted by molar-refractivity contribution is -0.139. The van der Waals surface area contributed by atoms with E-state index in [0.29, 0.717) is 6.07 Å². The lowest BCUT2D eigenvalue weighted by Gasteiger charge is -2.10. The first kappa shape index (κ1) is 15.2. The van der Waals surface area contributed by atoms with Gasteiger partial charge in [-0.3, -0.25) is 0 Å². The molecule has 0 fully saturated rings. The number of alkyl halides is 3. The Hall–Kier alpha value is -2.22. The summed E-state index contributed by atoms with van der Waals surface area (Å²) in [6.45, 7) is 0.0845. The quantitative estimate of drug-likeness (QED) is 0.885. The molecule has 0 aliphatic carbocycles. The third kappa shape index (κ3) is 3.46. The SMILES string of the molecule is COCc1nc(N)cc(-c2ccc(C(F)(F)F)c(F)c2)n1. The fraction of sp³-hybridized carbons (Fsp3) is 0.231. The number of anilines is 1. The molecule has 4 nitrogen and oxygen atoms in total. The summed E-state index contributed by atoms with van der Waals surface area (Å²) in [4.78, 5) is 7.96. The lowest BCUT2D eigenvalue weighted by atomic mass is 10.1. The van der Waals surface area contributed by atoms with Gasteiger partial charge >= 0.3 is 6.18 Å². The van der Waals surface area contributed by atoms with Gasteiger partial charge in [0.2, 0.25) is 0 Å². The number of hydrogen-bond donors (Lipinski definition) is 1. The molecule has 0 saturated heterocycles. The number of methoxy groups -OCH3 is 1. The van der Waals surface area contributed by atoms with Gasteiger partial charge in [0.05, 0.1) is 11.3 Å². The third-order valence-electron chi connectivity index (χ3n) is 2.64. The first-order valence-corrected chi connectivity index (χ1v) is 5.80. The number of rotatable bonds is 3. The summed E-state index contributed by atoms with van der Waals surface area (Å²) < 4.78 is 55.9. The molecule has 2 rings (SSSR count). The van der Waals surface area contributed by atoms with Crippen LogP contribution in [0.1, 0.15) is 11.4 Å². The van der Waals surface area contributed by atoms with Gasteiger partial charge in [0.25, 0.3) is 0 Å². The highest BCUT2D eigenvalue weighted by Gasteiger charge is 2.34. The maximum atomic E-state index is 13.6. The van der Waals surface area contributed by atoms with E-state index in [-0.39, 0.29) is 29.5 Å². The van der Waals surface area contributed by atoms with E-state index in [0.717, 1.165) is 12.1 Å². The minimum atomic E-state index is -4.74. The standard InChI is InChI=1S/C13H11F4N3O/c1-21-6-12-19-10(5-11(18)20-12)7-2-3-8(9(14)4-7)13(15,16)17/h2-5H,6H2,1H3,(H2,18,19,20). The van der Waals surface area contributed by atoms with Gasteiger partial charge in [-0.05, 0) is 12.1 Å². The number of nitrogen functional groups attached to an aromatic ring is 1. The summed E-state index contributed by atoms with van der Waals surface area (Å²) >= 11 is 0. The number of nitrogens with zero attached hydrogens (tertiary/aromatic N) is 2. The number of hydrogen-bond acceptors (Lipinski definition) is 4. The molecular formula is C13H11F4N3O. The summed E-state index contributed by atoms with van der Waals surface area (Å²) in [7, 11) is 1.43. The second-order valence-corrected chi connectivity index (χ2v) is 4.22. The molecule has 0 spiro atoms. The lowest BCUT2D eigenvalue weighted by Crippen LogP contribution is -2.08. The maximum Gasteiger partial charge on any atom is 0.419 e. The molecule has 0 aliphatic heterocycles. The van der Waals surface area contributed by atoms with Crippen LogP contribution >= 0.6 is 0 Å². The van der Waals surface area contributed by atoms with Crippen LogP contribution in [0.4, 0.5) is 23.4 Å². The van der Waals surface area contributed by atoms with Gasteiger partial charge in [-0.1, -0.05) is 6.07 Å². The largest absolute Gasteiger partial charge is 0.419 e. The van der Waals surface area contributed by atoms with E-state index in [1.807, 2.05) is 0 Å². The van der Waals surface area contributed by atoms with E-state index >= 15 is 0 Å². The van der Waals surface area contributed by atoms with Crippen molar-refractivity contribution in [2.75, 3.05) is 12.8 Å². The van der Waals surface area contributed by atoms with Gasteiger partial charge in [0.1, 0.15) is 18.2 Å². The summed E-state index contributed by atoms with van der Waals surface area (Å²) in [6, 6.07) is 3.91. The zero-order valence-corrected chi connectivity index (χ0v) is 10.9. The van der Waals surface area contributed by atoms with Crippen molar-refractivity contribution in [2.24, 2.45) is 0 Å². The molecule has 0 amide bonds. The Morgan fingerprint density at radius 1 is 1.19 bits per heavy atom. The van der Waals surface area contributed by atoms with Crippen molar-refractivity contribution in [3.63, 3.8) is 0 Å². The molecule has 2 N–H and O–H groups in total. The van der Waals surface area contributed by atoms with Crippen molar-refractivity contribution in [1.82, 2.24) is 9.97 Å². The van der Waals surface area contributed by atoms with Gasteiger partial charge in [-0.2, -0.15) is 13.2 Å². The predicted octanol–water partition coefficient (Wildman–Crippen LogP) is 3.03. The van der Waals surface area contributed by atoms with Crippen molar-refractivity contribution in [3.8, 4) is 11.3 Å². The number of nitrogens with two attached hydrogens (primary N) is 1. The smallest absolute Gasteiger partial charge is 0.384 e. The molecule has 0 bridgehead atoms. The number of halogens is 4. The van der Waals surface area contributed by atoms with Crippen LogP contribution in [-0.2, 0) is 17.5 Å². The highest BCUT2D eigenvalue weighted by molar-refractivity contribution is 5.62. The van der Waals surface area contributed by atoms with Gasteiger partial charge in [-0.25, -0.2) is 14.4 Å². The Labute approximate surface area is 117 Å². The Balaban J connectivity index is 2.45. The van der Waals surface area contributed by atoms with Crippen LogP contribution in [0.5, 0.6) is 0 Å². The van der Waals surface area contributed by atoms with Crippen LogP contribution in [0, 0.1) is 5.82 Å². The third-order valence-corrected chi connectivity index (χ3v) is 2.64. The van der Waals surface area contributed by atoms with Crippen LogP contribution < -0.4 is 5.73 Å². The van der Waals surface area contributed by atoms with Crippen LogP contribution in [0.25, 0.3) is 11.3 Å². The van der Waals surface area contributed by atoms with Crippen molar-refractivity contribution in [3.05, 3.63) is 41.5 Å². The van der Waals surface area contributed by atoms with E-state index in [1.54, 1.807) is 0 Å². The first-order valence-electron chi connectivity index (χ1n) is 5.80. The second-order valence-electron chi connectivity index (χ2n) is 4.22. The van der Waals surface area contributed by atoms with Crippen LogP contribution in [0.3, 0.4) is 0 Å². The Morgan fingerprint density at radius 3 is 2.48 bits per heavy atom. The van der Waals surface area contributed by atoms with Crippen LogP contribution in [0.15, 0.2) is 24.3 Å². The molecule has 1 aromatic carbocycles. The first-order chi connectivity index (χ1) is 9.81. The molecule has 0 atom stereocenters. The highest BCUT2D eigenvalue weighted by atomic mass is 19.4. The number of ether oxygens (including phenoxy) is 1. The minimum Gasteiger partial charge on any atom is -0.384 e. The van der Waals surface area contributed by atoms with E-state index < -0.39 is 17.6 Å². The van der Waals surface area contributed by atoms with Gasteiger partial charge in [0, 0.05) is 18.7 Å². The van der Waals surface area contributed by atoms with Crippen molar-refractivity contribution in [2.45, 2.75) is 12.8 Å². The normalized spacial score (nSPS) is 11.7. The Morgan fingerprint density at radius 2 is 1.90 bits per heavy atom. The fourth-order valence-electron chi connectivity index (χ4n) is 1.76. The van der Waals surface area contributed by atoms with Gasteiger partial charge in [0.15, 0.2) is 5.82 Å². The molecular weight excluding hydrogens is 290 g/mol. The average molecular weight is 301 g/mol. The molecule has 112 valence electrons. The van der Waals surface area contributed by atoms with E-state index in [2.05, 4.69) is 9.97 Å². The fourth-order valence-corrected chi connectivity index (χ4v) is 1.76. The average Bonchev–Trinajstić information content (AvgIpc) is 2.36. The molecule has 1 aromatic heterocycles. The highest BCUT2D eigenvalue weighted by Crippen LogP contribution is 2.33. The molecule has 0 aliphatic rings. The van der Waals surface area contributed by atoms with Crippen molar-refractivity contribution in [1.29, 1.82) is 0 Å². The number of benzene rings is 1. The number of aromatic nitrogens is 2. The molecule has 21 heavy (non-hydrogen) atoms. The summed E-state index contributed by atoms with van der Waals surface area (Å²) in [6.07, 6.45) is -4.74. The van der Waals surface area contributed by atoms with Crippen molar-refractivity contribution < 1.29 is 22.3 Å². The van der Waals surface area contributed by atoms with Crippen molar-refractivity contribution >= 4 is 5.82 Å². The zero-order valence-electron chi connectivity index (χ0n) is 10.9. The molecule has 2 aromatic rings. The van der Waals surface area contributed by atoms with Crippen LogP contribution in [-0.4, -0.2) is 17.1 Å².